The molecule has 3 aromatic rings. The number of nitrogens with one attached hydrogen (secondary N) is 2. The van der Waals surface area contributed by atoms with Crippen molar-refractivity contribution < 1.29 is 9.53 Å². The van der Waals surface area contributed by atoms with Crippen LogP contribution in [0.5, 0.6) is 0 Å². The van der Waals surface area contributed by atoms with Gasteiger partial charge < -0.3 is 14.6 Å². The van der Waals surface area contributed by atoms with Gasteiger partial charge in [0.2, 0.25) is 5.91 Å². The van der Waals surface area contributed by atoms with E-state index in [0.29, 0.717) is 30.0 Å². The van der Waals surface area contributed by atoms with Crippen molar-refractivity contribution >= 4 is 34.4 Å². The van der Waals surface area contributed by atoms with Gasteiger partial charge in [0.15, 0.2) is 0 Å². The van der Waals surface area contributed by atoms with Crippen molar-refractivity contribution in [1.29, 1.82) is 0 Å². The number of fused-ring (bicyclic) bond motifs is 2. The maximum Gasteiger partial charge on any atom is 0.270 e. The van der Waals surface area contributed by atoms with Gasteiger partial charge in [-0.2, -0.15) is 0 Å². The van der Waals surface area contributed by atoms with Crippen LogP contribution in [0, 0.1) is 0 Å². The molecule has 0 aliphatic carbocycles. The number of anilines is 1. The minimum absolute atomic E-state index is 0.0151. The highest BCUT2D eigenvalue weighted by Crippen LogP contribution is 2.41. The fraction of sp³-hybridized carbons (Fsp3) is 0.435. The summed E-state index contributed by atoms with van der Waals surface area (Å²) in [6.45, 7) is 4.62. The number of hydrogen-bond acceptors (Lipinski definition) is 5. The molecule has 5 rings (SSSR count). The maximum atomic E-state index is 13.3. The van der Waals surface area contributed by atoms with Crippen molar-refractivity contribution in [2.45, 2.75) is 43.6 Å². The molecule has 2 aliphatic heterocycles. The highest BCUT2D eigenvalue weighted by molar-refractivity contribution is 8.00. The lowest BCUT2D eigenvalue weighted by Gasteiger charge is -2.36. The van der Waals surface area contributed by atoms with Crippen LogP contribution in [0.15, 0.2) is 39.9 Å². The van der Waals surface area contributed by atoms with Gasteiger partial charge in [-0.3, -0.25) is 24.2 Å². The molecule has 0 unspecified atom stereocenters. The molecule has 32 heavy (non-hydrogen) atoms. The highest BCUT2D eigenvalue weighted by atomic mass is 32.2. The number of aromatic amines is 1. The molecule has 1 amide bonds. The number of para-hydroxylation sites is 1. The number of hydrogen-bond donors (Lipinski definition) is 2. The first-order chi connectivity index (χ1) is 15.2. The van der Waals surface area contributed by atoms with Gasteiger partial charge in [0.1, 0.15) is 5.82 Å². The summed E-state index contributed by atoms with van der Waals surface area (Å²) in [5, 5.41) is 6.24. The average Bonchev–Trinajstić information content (AvgIpc) is 2.96. The van der Waals surface area contributed by atoms with E-state index in [4.69, 9.17) is 4.74 Å². The number of H-pyrrole nitrogens is 1. The maximum absolute atomic E-state index is 13.3. The number of benzene rings is 1. The normalized spacial score (nSPS) is 22.9. The summed E-state index contributed by atoms with van der Waals surface area (Å²) in [4.78, 5) is 39.1. The molecule has 1 aromatic carbocycles. The van der Waals surface area contributed by atoms with Crippen LogP contribution in [-0.2, 0) is 16.6 Å². The number of thioether (sulfide) groups is 1. The molecular weight excluding hydrogens is 428 g/mol. The van der Waals surface area contributed by atoms with Crippen LogP contribution < -0.4 is 16.4 Å². The summed E-state index contributed by atoms with van der Waals surface area (Å²) in [6.07, 6.45) is 1.43. The zero-order valence-electron chi connectivity index (χ0n) is 18.3. The van der Waals surface area contributed by atoms with E-state index in [2.05, 4.69) is 10.4 Å². The Bertz CT molecular complexity index is 1340. The molecule has 168 valence electrons. The van der Waals surface area contributed by atoms with E-state index >= 15 is 0 Å². The van der Waals surface area contributed by atoms with E-state index in [1.165, 1.54) is 11.8 Å². The minimum Gasteiger partial charge on any atom is -0.375 e. The molecule has 9 heteroatoms. The Morgan fingerprint density at radius 2 is 1.97 bits per heavy atom. The molecule has 0 saturated carbocycles. The number of pyridine rings is 1. The predicted molar refractivity (Wildman–Crippen MR) is 125 cm³/mol. The Kier molecular flexibility index (Phi) is 5.05. The van der Waals surface area contributed by atoms with Crippen LogP contribution in [-0.4, -0.2) is 38.2 Å². The molecule has 2 N–H and O–H groups in total. The minimum atomic E-state index is -0.551. The fourth-order valence-corrected chi connectivity index (χ4v) is 5.94. The molecule has 2 atom stereocenters. The number of nitrogens with zero attached hydrogens (tertiary/aromatic N) is 2. The van der Waals surface area contributed by atoms with E-state index in [-0.39, 0.29) is 34.4 Å². The predicted octanol–water partition coefficient (Wildman–Crippen LogP) is 2.93. The van der Waals surface area contributed by atoms with E-state index in [0.717, 1.165) is 17.3 Å². The van der Waals surface area contributed by atoms with Gasteiger partial charge in [-0.05, 0) is 44.2 Å². The number of rotatable bonds is 2. The Morgan fingerprint density at radius 1 is 1.19 bits per heavy atom. The topological polar surface area (TPSA) is 98.1 Å². The smallest absolute Gasteiger partial charge is 0.270 e. The molecular formula is C23H26N4O4S. The lowest BCUT2D eigenvalue weighted by molar-refractivity contribution is -0.113. The van der Waals surface area contributed by atoms with Gasteiger partial charge in [0, 0.05) is 19.2 Å². The van der Waals surface area contributed by atoms with Gasteiger partial charge in [-0.1, -0.05) is 18.2 Å². The fourth-order valence-electron chi connectivity index (χ4n) is 4.82. The van der Waals surface area contributed by atoms with Crippen LogP contribution in [0.3, 0.4) is 0 Å². The second-order valence-corrected chi connectivity index (χ2v) is 10.2. The van der Waals surface area contributed by atoms with Gasteiger partial charge in [0.25, 0.3) is 11.1 Å². The quantitative estimate of drug-likeness (QED) is 0.621. The van der Waals surface area contributed by atoms with E-state index in [1.54, 1.807) is 16.3 Å². The number of carbonyl (C=O) groups excluding carboxylic acids is 1. The molecule has 8 nitrogen and oxygen atoms in total. The number of ether oxygens (including phenoxy) is 1. The van der Waals surface area contributed by atoms with Crippen molar-refractivity contribution in [1.82, 2.24) is 14.3 Å². The second kappa shape index (κ2) is 7.67. The summed E-state index contributed by atoms with van der Waals surface area (Å²) in [5.41, 5.74) is 0.987. The van der Waals surface area contributed by atoms with Crippen LogP contribution in [0.1, 0.15) is 49.1 Å². The van der Waals surface area contributed by atoms with E-state index in [9.17, 15) is 14.4 Å². The summed E-state index contributed by atoms with van der Waals surface area (Å²) in [5.74, 6) is 0.442. The van der Waals surface area contributed by atoms with Crippen molar-refractivity contribution in [2.75, 3.05) is 17.7 Å². The Labute approximate surface area is 188 Å². The summed E-state index contributed by atoms with van der Waals surface area (Å²) < 4.78 is 9.22. The number of aromatic nitrogens is 3. The largest absolute Gasteiger partial charge is 0.375 e. The van der Waals surface area contributed by atoms with Crippen LogP contribution in [0.2, 0.25) is 0 Å². The monoisotopic (exact) mass is 454 g/mol. The first-order valence-corrected chi connectivity index (χ1v) is 11.8. The first kappa shape index (κ1) is 21.1. The Morgan fingerprint density at radius 3 is 2.75 bits per heavy atom. The van der Waals surface area contributed by atoms with E-state index in [1.807, 2.05) is 44.2 Å². The van der Waals surface area contributed by atoms with Crippen molar-refractivity contribution in [3.05, 3.63) is 62.2 Å². The van der Waals surface area contributed by atoms with Crippen molar-refractivity contribution in [3.63, 3.8) is 0 Å². The van der Waals surface area contributed by atoms with Gasteiger partial charge in [-0.25, -0.2) is 0 Å². The molecule has 1 saturated heterocycles. The number of aryl methyl sites for hydroxylation is 1. The van der Waals surface area contributed by atoms with Crippen LogP contribution in [0.4, 0.5) is 5.82 Å². The zero-order chi connectivity index (χ0) is 22.6. The average molecular weight is 455 g/mol. The summed E-state index contributed by atoms with van der Waals surface area (Å²) in [7, 11) is 1.74. The SMILES string of the molecule is Cn1c(=O)c([C@H]2SCC(=O)Nc3c2c(=O)[nH]n3[C@@H]2CCOC(C)(C)C2)cc2ccccc21. The van der Waals surface area contributed by atoms with Gasteiger partial charge in [0.05, 0.1) is 33.7 Å². The molecule has 0 spiro atoms. The lowest BCUT2D eigenvalue weighted by Crippen LogP contribution is -2.36. The standard InChI is InChI=1S/C23H26N4O4S/c1-23(2)11-14(8-9-31-23)27-20-18(21(29)25-27)19(32-12-17(28)24-20)15-10-13-6-4-5-7-16(13)26(3)22(15)30/h4-7,10,14,19H,8-9,11-12H2,1-3H3,(H,24,28)(H,25,29)/t14-,19-/m1/s1. The highest BCUT2D eigenvalue weighted by Gasteiger charge is 2.36. The Hall–Kier alpha value is -2.78. The summed E-state index contributed by atoms with van der Waals surface area (Å²) in [6, 6.07) is 9.49. The molecule has 0 radical (unpaired) electrons. The third-order valence-corrected chi connectivity index (χ3v) is 7.59. The number of carbonyl (C=O) groups is 1. The number of amides is 1. The molecule has 2 aromatic heterocycles. The summed E-state index contributed by atoms with van der Waals surface area (Å²) >= 11 is 1.31. The van der Waals surface area contributed by atoms with Crippen molar-refractivity contribution in [3.8, 4) is 0 Å². The zero-order valence-corrected chi connectivity index (χ0v) is 19.1. The second-order valence-electron chi connectivity index (χ2n) is 9.09. The van der Waals surface area contributed by atoms with Gasteiger partial charge >= 0.3 is 0 Å². The van der Waals surface area contributed by atoms with Crippen LogP contribution in [0.25, 0.3) is 10.9 Å². The van der Waals surface area contributed by atoms with Crippen LogP contribution >= 0.6 is 11.8 Å². The lowest BCUT2D eigenvalue weighted by atomic mass is 9.94. The molecule has 4 heterocycles. The third kappa shape index (κ3) is 3.49. The molecule has 2 aliphatic rings. The molecule has 1 fully saturated rings. The van der Waals surface area contributed by atoms with E-state index < -0.39 is 5.25 Å². The Balaban J connectivity index is 1.68. The van der Waals surface area contributed by atoms with Crippen molar-refractivity contribution in [2.24, 2.45) is 7.05 Å². The first-order valence-electron chi connectivity index (χ1n) is 10.7. The van der Waals surface area contributed by atoms with Gasteiger partial charge in [-0.15, -0.1) is 11.8 Å². The third-order valence-electron chi connectivity index (χ3n) is 6.34. The molecule has 0 bridgehead atoms.